The van der Waals surface area contributed by atoms with E-state index < -0.39 is 0 Å². The van der Waals surface area contributed by atoms with Crippen molar-refractivity contribution in [3.63, 3.8) is 0 Å². The van der Waals surface area contributed by atoms with Gasteiger partial charge in [0.15, 0.2) is 0 Å². The maximum Gasteiger partial charge on any atom is 0.241 e. The minimum Gasteiger partial charge on any atom is -0.376 e. The first kappa shape index (κ1) is 15.4. The quantitative estimate of drug-likeness (QED) is 0.927. The summed E-state index contributed by atoms with van der Waals surface area (Å²) in [5.74, 6) is 0.108. The molecular weight excluding hydrogens is 297 g/mol. The van der Waals surface area contributed by atoms with Crippen molar-refractivity contribution < 1.29 is 4.79 Å². The smallest absolute Gasteiger partial charge is 0.241 e. The Morgan fingerprint density at radius 1 is 1.15 bits per heavy atom. The van der Waals surface area contributed by atoms with Crippen molar-refractivity contribution in [2.24, 2.45) is 0 Å². The number of nitrogens with zero attached hydrogens (tertiary/aromatic N) is 2. The Bertz CT molecular complexity index is 453. The zero-order chi connectivity index (χ0) is 14.5. The first-order valence-corrected chi connectivity index (χ1v) is 7.54. The van der Waals surface area contributed by atoms with Crippen molar-refractivity contribution in [1.29, 1.82) is 0 Å². The van der Waals surface area contributed by atoms with Crippen molar-refractivity contribution in [3.05, 3.63) is 28.2 Å². The van der Waals surface area contributed by atoms with Crippen LogP contribution in [0.25, 0.3) is 0 Å². The third-order valence-electron chi connectivity index (χ3n) is 3.48. The zero-order valence-electron chi connectivity index (χ0n) is 11.5. The number of likely N-dealkylation sites (N-methyl/N-ethyl adjacent to an activating group) is 1. The van der Waals surface area contributed by atoms with Crippen LogP contribution in [0.15, 0.2) is 18.2 Å². The minimum absolute atomic E-state index is 0.108. The Labute approximate surface area is 129 Å². The van der Waals surface area contributed by atoms with E-state index in [1.807, 2.05) is 4.90 Å². The number of piperazine rings is 1. The molecule has 1 aromatic carbocycles. The molecule has 6 heteroatoms. The summed E-state index contributed by atoms with van der Waals surface area (Å²) in [5, 5.41) is 4.19. The Morgan fingerprint density at radius 2 is 1.75 bits per heavy atom. The van der Waals surface area contributed by atoms with Crippen LogP contribution in [0.4, 0.5) is 5.69 Å². The number of anilines is 1. The molecule has 0 atom stereocenters. The molecule has 0 unspecified atom stereocenters. The van der Waals surface area contributed by atoms with Gasteiger partial charge in [-0.1, -0.05) is 30.1 Å². The highest BCUT2D eigenvalue weighted by atomic mass is 35.5. The van der Waals surface area contributed by atoms with Gasteiger partial charge in [0.2, 0.25) is 5.91 Å². The van der Waals surface area contributed by atoms with E-state index in [0.29, 0.717) is 10.0 Å². The molecule has 1 heterocycles. The van der Waals surface area contributed by atoms with Gasteiger partial charge in [0.25, 0.3) is 0 Å². The van der Waals surface area contributed by atoms with Crippen molar-refractivity contribution in [2.45, 2.75) is 6.92 Å². The Balaban J connectivity index is 1.83. The monoisotopic (exact) mass is 315 g/mol. The third-order valence-corrected chi connectivity index (χ3v) is 3.91. The lowest BCUT2D eigenvalue weighted by molar-refractivity contribution is -0.131. The molecule has 1 fully saturated rings. The predicted molar refractivity (Wildman–Crippen MR) is 83.6 cm³/mol. The number of carbonyl (C=O) groups is 1. The fourth-order valence-electron chi connectivity index (χ4n) is 2.26. The molecule has 1 aliphatic heterocycles. The number of rotatable bonds is 4. The highest BCUT2D eigenvalue weighted by molar-refractivity contribution is 6.35. The summed E-state index contributed by atoms with van der Waals surface area (Å²) in [7, 11) is 0. The van der Waals surface area contributed by atoms with E-state index in [1.165, 1.54) is 0 Å². The van der Waals surface area contributed by atoms with E-state index in [-0.39, 0.29) is 12.5 Å². The summed E-state index contributed by atoms with van der Waals surface area (Å²) in [4.78, 5) is 16.4. The standard InChI is InChI=1S/C14H19Cl2N3O/c1-2-18-3-5-19(6-4-18)14(20)10-17-13-8-11(15)7-12(16)9-13/h7-9,17H,2-6,10H2,1H3. The van der Waals surface area contributed by atoms with Crippen molar-refractivity contribution >= 4 is 34.8 Å². The van der Waals surface area contributed by atoms with Crippen molar-refractivity contribution in [2.75, 3.05) is 44.6 Å². The SMILES string of the molecule is CCN1CCN(C(=O)CNc2cc(Cl)cc(Cl)c2)CC1. The van der Waals surface area contributed by atoms with E-state index in [1.54, 1.807) is 18.2 Å². The second-order valence-electron chi connectivity index (χ2n) is 4.83. The Hall–Kier alpha value is -0.970. The van der Waals surface area contributed by atoms with Gasteiger partial charge in [-0.25, -0.2) is 0 Å². The second kappa shape index (κ2) is 7.16. The highest BCUT2D eigenvalue weighted by Crippen LogP contribution is 2.22. The molecule has 1 aromatic rings. The van der Waals surface area contributed by atoms with Crippen LogP contribution in [-0.4, -0.2) is 55.0 Å². The summed E-state index contributed by atoms with van der Waals surface area (Å²) in [6, 6.07) is 5.19. The molecule has 0 bridgehead atoms. The van der Waals surface area contributed by atoms with Gasteiger partial charge < -0.3 is 15.1 Å². The summed E-state index contributed by atoms with van der Waals surface area (Å²) in [6.07, 6.45) is 0. The van der Waals surface area contributed by atoms with Gasteiger partial charge in [0, 0.05) is 41.9 Å². The number of hydrogen-bond acceptors (Lipinski definition) is 3. The van der Waals surface area contributed by atoms with E-state index in [0.717, 1.165) is 38.4 Å². The van der Waals surface area contributed by atoms with Crippen LogP contribution in [0, 0.1) is 0 Å². The Morgan fingerprint density at radius 3 is 2.30 bits per heavy atom. The molecule has 0 radical (unpaired) electrons. The van der Waals surface area contributed by atoms with E-state index in [4.69, 9.17) is 23.2 Å². The maximum absolute atomic E-state index is 12.1. The number of hydrogen-bond donors (Lipinski definition) is 1. The molecule has 0 aromatic heterocycles. The fourth-order valence-corrected chi connectivity index (χ4v) is 2.78. The normalized spacial score (nSPS) is 16.2. The molecule has 1 N–H and O–H groups in total. The lowest BCUT2D eigenvalue weighted by atomic mass is 10.3. The molecule has 2 rings (SSSR count). The van der Waals surface area contributed by atoms with Gasteiger partial charge in [-0.05, 0) is 24.7 Å². The van der Waals surface area contributed by atoms with Gasteiger partial charge in [0.1, 0.15) is 0 Å². The van der Waals surface area contributed by atoms with Crippen LogP contribution in [0.3, 0.4) is 0 Å². The number of nitrogens with one attached hydrogen (secondary N) is 1. The largest absolute Gasteiger partial charge is 0.376 e. The lowest BCUT2D eigenvalue weighted by Crippen LogP contribution is -2.49. The van der Waals surface area contributed by atoms with E-state index >= 15 is 0 Å². The third kappa shape index (κ3) is 4.27. The molecule has 1 amide bonds. The van der Waals surface area contributed by atoms with Gasteiger partial charge in [-0.15, -0.1) is 0 Å². The Kier molecular flexibility index (Phi) is 5.52. The van der Waals surface area contributed by atoms with Gasteiger partial charge in [-0.3, -0.25) is 4.79 Å². The summed E-state index contributed by atoms with van der Waals surface area (Å²) in [5.41, 5.74) is 0.767. The molecule has 0 spiro atoms. The topological polar surface area (TPSA) is 35.6 Å². The van der Waals surface area contributed by atoms with Crippen molar-refractivity contribution in [1.82, 2.24) is 9.80 Å². The number of halogens is 2. The molecule has 20 heavy (non-hydrogen) atoms. The molecule has 110 valence electrons. The van der Waals surface area contributed by atoms with Crippen LogP contribution in [0.1, 0.15) is 6.92 Å². The first-order valence-electron chi connectivity index (χ1n) is 6.78. The van der Waals surface area contributed by atoms with Crippen LogP contribution in [-0.2, 0) is 4.79 Å². The number of carbonyl (C=O) groups excluding carboxylic acids is 1. The summed E-state index contributed by atoms with van der Waals surface area (Å²) in [6.45, 7) is 6.94. The summed E-state index contributed by atoms with van der Waals surface area (Å²) < 4.78 is 0. The molecular formula is C14H19Cl2N3O. The van der Waals surface area contributed by atoms with Crippen molar-refractivity contribution in [3.8, 4) is 0 Å². The second-order valence-corrected chi connectivity index (χ2v) is 5.70. The van der Waals surface area contributed by atoms with Gasteiger partial charge in [-0.2, -0.15) is 0 Å². The van der Waals surface area contributed by atoms with E-state index in [9.17, 15) is 4.79 Å². The molecule has 0 saturated carbocycles. The van der Waals surface area contributed by atoms with Gasteiger partial charge in [0.05, 0.1) is 6.54 Å². The zero-order valence-corrected chi connectivity index (χ0v) is 13.0. The van der Waals surface area contributed by atoms with Gasteiger partial charge >= 0.3 is 0 Å². The van der Waals surface area contributed by atoms with E-state index in [2.05, 4.69) is 17.1 Å². The molecule has 1 aliphatic rings. The average Bonchev–Trinajstić information content (AvgIpc) is 2.44. The molecule has 4 nitrogen and oxygen atoms in total. The van der Waals surface area contributed by atoms with Crippen LogP contribution in [0.5, 0.6) is 0 Å². The van der Waals surface area contributed by atoms with Crippen LogP contribution >= 0.6 is 23.2 Å². The lowest BCUT2D eigenvalue weighted by Gasteiger charge is -2.34. The number of benzene rings is 1. The summed E-state index contributed by atoms with van der Waals surface area (Å²) >= 11 is 11.8. The minimum atomic E-state index is 0.108. The fraction of sp³-hybridized carbons (Fsp3) is 0.500. The highest BCUT2D eigenvalue weighted by Gasteiger charge is 2.19. The van der Waals surface area contributed by atoms with Crippen LogP contribution < -0.4 is 5.32 Å². The number of amides is 1. The maximum atomic E-state index is 12.1. The predicted octanol–water partition coefficient (Wildman–Crippen LogP) is 2.57. The molecule has 0 aliphatic carbocycles. The first-order chi connectivity index (χ1) is 9.58. The average molecular weight is 316 g/mol. The molecule has 1 saturated heterocycles. The van der Waals surface area contributed by atoms with Crippen LogP contribution in [0.2, 0.25) is 10.0 Å².